The third-order valence-corrected chi connectivity index (χ3v) is 3.23. The molecule has 2 atom stereocenters. The minimum atomic E-state index is -0.530. The second-order valence-electron chi connectivity index (χ2n) is 5.01. The van der Waals surface area contributed by atoms with Gasteiger partial charge in [-0.1, -0.05) is 6.92 Å². The summed E-state index contributed by atoms with van der Waals surface area (Å²) in [6, 6.07) is 0. The molecule has 1 fully saturated rings. The molecule has 14 heavy (non-hydrogen) atoms. The molecule has 3 nitrogen and oxygen atoms in total. The van der Waals surface area contributed by atoms with Crippen molar-refractivity contribution in [2.24, 2.45) is 11.8 Å². The van der Waals surface area contributed by atoms with E-state index < -0.39 is 11.6 Å². The van der Waals surface area contributed by atoms with Crippen LogP contribution in [0.5, 0.6) is 0 Å². The van der Waals surface area contributed by atoms with Gasteiger partial charge in [0, 0.05) is 5.92 Å². The number of hydrogen-bond donors (Lipinski definition) is 2. The predicted octanol–water partition coefficient (Wildman–Crippen LogP) is 1.31. The van der Waals surface area contributed by atoms with Gasteiger partial charge in [-0.2, -0.15) is 0 Å². The van der Waals surface area contributed by atoms with E-state index in [9.17, 15) is 9.90 Å². The van der Waals surface area contributed by atoms with Gasteiger partial charge in [0.25, 0.3) is 0 Å². The lowest BCUT2D eigenvalue weighted by atomic mass is 9.96. The van der Waals surface area contributed by atoms with Crippen LogP contribution in [0.25, 0.3) is 0 Å². The summed E-state index contributed by atoms with van der Waals surface area (Å²) in [7, 11) is 0. The number of aliphatic hydroxyl groups excluding tert-OH is 1. The fourth-order valence-electron chi connectivity index (χ4n) is 1.35. The van der Waals surface area contributed by atoms with Gasteiger partial charge in [0.1, 0.15) is 0 Å². The van der Waals surface area contributed by atoms with Crippen molar-refractivity contribution < 1.29 is 9.90 Å². The van der Waals surface area contributed by atoms with E-state index in [2.05, 4.69) is 5.32 Å². The molecule has 0 aromatic rings. The Morgan fingerprint density at radius 2 is 1.93 bits per heavy atom. The van der Waals surface area contributed by atoms with Crippen molar-refractivity contribution in [3.63, 3.8) is 0 Å². The number of aliphatic hydroxyl groups is 1. The monoisotopic (exact) mass is 199 g/mol. The standard InChI is InChI=1S/C11H21NO2/c1-7(9-5-6-9)10(14)12-11(3,4)8(2)13/h7-9,13H,5-6H2,1-4H3,(H,12,14). The topological polar surface area (TPSA) is 49.3 Å². The van der Waals surface area contributed by atoms with Crippen molar-refractivity contribution in [3.8, 4) is 0 Å². The summed E-state index contributed by atoms with van der Waals surface area (Å²) in [5, 5.41) is 12.3. The Balaban J connectivity index is 2.46. The summed E-state index contributed by atoms with van der Waals surface area (Å²) < 4.78 is 0. The van der Waals surface area contributed by atoms with Crippen molar-refractivity contribution in [2.75, 3.05) is 0 Å². The minimum Gasteiger partial charge on any atom is -0.391 e. The molecule has 1 amide bonds. The minimum absolute atomic E-state index is 0.0680. The first-order chi connectivity index (χ1) is 6.34. The van der Waals surface area contributed by atoms with Crippen molar-refractivity contribution in [2.45, 2.75) is 52.2 Å². The molecule has 3 heteroatoms. The molecule has 1 saturated carbocycles. The van der Waals surface area contributed by atoms with Gasteiger partial charge in [-0.15, -0.1) is 0 Å². The Morgan fingerprint density at radius 1 is 1.43 bits per heavy atom. The highest BCUT2D eigenvalue weighted by molar-refractivity contribution is 5.79. The van der Waals surface area contributed by atoms with Crippen molar-refractivity contribution >= 4 is 5.91 Å². The van der Waals surface area contributed by atoms with Crippen molar-refractivity contribution in [1.29, 1.82) is 0 Å². The molecule has 0 bridgehead atoms. The molecule has 0 heterocycles. The van der Waals surface area contributed by atoms with Crippen LogP contribution in [-0.4, -0.2) is 22.7 Å². The second-order valence-corrected chi connectivity index (χ2v) is 5.01. The molecule has 0 aromatic carbocycles. The summed E-state index contributed by atoms with van der Waals surface area (Å²) in [5.41, 5.74) is -0.528. The summed E-state index contributed by atoms with van der Waals surface area (Å²) >= 11 is 0. The van der Waals surface area contributed by atoms with Gasteiger partial charge in [0.15, 0.2) is 0 Å². The zero-order valence-electron chi connectivity index (χ0n) is 9.50. The van der Waals surface area contributed by atoms with Crippen LogP contribution in [0.1, 0.15) is 40.5 Å². The molecule has 1 aliphatic carbocycles. The van der Waals surface area contributed by atoms with Crippen LogP contribution in [0.4, 0.5) is 0 Å². The average molecular weight is 199 g/mol. The zero-order chi connectivity index (χ0) is 10.9. The van der Waals surface area contributed by atoms with E-state index in [-0.39, 0.29) is 11.8 Å². The molecule has 2 N–H and O–H groups in total. The molecule has 82 valence electrons. The lowest BCUT2D eigenvalue weighted by Crippen LogP contribution is -2.52. The van der Waals surface area contributed by atoms with Gasteiger partial charge < -0.3 is 10.4 Å². The van der Waals surface area contributed by atoms with Gasteiger partial charge in [-0.3, -0.25) is 4.79 Å². The van der Waals surface area contributed by atoms with E-state index >= 15 is 0 Å². The normalized spacial score (nSPS) is 21.5. The Morgan fingerprint density at radius 3 is 2.29 bits per heavy atom. The molecule has 0 aromatic heterocycles. The van der Waals surface area contributed by atoms with Crippen molar-refractivity contribution in [3.05, 3.63) is 0 Å². The van der Waals surface area contributed by atoms with Crippen LogP contribution in [0.15, 0.2) is 0 Å². The Kier molecular flexibility index (Phi) is 3.20. The van der Waals surface area contributed by atoms with Crippen LogP contribution in [0.2, 0.25) is 0 Å². The highest BCUT2D eigenvalue weighted by Gasteiger charge is 2.35. The maximum absolute atomic E-state index is 11.7. The molecule has 0 spiro atoms. The molecule has 0 radical (unpaired) electrons. The van der Waals surface area contributed by atoms with Gasteiger partial charge in [-0.25, -0.2) is 0 Å². The maximum atomic E-state index is 11.7. The number of carbonyl (C=O) groups is 1. The van der Waals surface area contributed by atoms with Crippen LogP contribution in [-0.2, 0) is 4.79 Å². The molecule has 1 rings (SSSR count). The fourth-order valence-corrected chi connectivity index (χ4v) is 1.35. The Labute approximate surface area is 85.9 Å². The predicted molar refractivity (Wildman–Crippen MR) is 55.8 cm³/mol. The summed E-state index contributed by atoms with van der Waals surface area (Å²) in [5.74, 6) is 0.728. The van der Waals surface area contributed by atoms with E-state index in [1.807, 2.05) is 20.8 Å². The second kappa shape index (κ2) is 3.89. The highest BCUT2D eigenvalue weighted by Crippen LogP contribution is 2.36. The lowest BCUT2D eigenvalue weighted by molar-refractivity contribution is -0.128. The van der Waals surface area contributed by atoms with Gasteiger partial charge in [0.05, 0.1) is 11.6 Å². The van der Waals surface area contributed by atoms with E-state index in [0.717, 1.165) is 0 Å². The molecule has 2 unspecified atom stereocenters. The fraction of sp³-hybridized carbons (Fsp3) is 0.909. The van der Waals surface area contributed by atoms with Crippen LogP contribution >= 0.6 is 0 Å². The number of rotatable bonds is 4. The number of amides is 1. The Hall–Kier alpha value is -0.570. The average Bonchev–Trinajstić information content (AvgIpc) is 2.84. The van der Waals surface area contributed by atoms with Crippen LogP contribution in [0, 0.1) is 11.8 Å². The van der Waals surface area contributed by atoms with Crippen LogP contribution in [0.3, 0.4) is 0 Å². The third-order valence-electron chi connectivity index (χ3n) is 3.23. The lowest BCUT2D eigenvalue weighted by Gasteiger charge is -2.30. The Bertz CT molecular complexity index is 219. The number of hydrogen-bond acceptors (Lipinski definition) is 2. The zero-order valence-corrected chi connectivity index (χ0v) is 9.50. The number of nitrogens with one attached hydrogen (secondary N) is 1. The summed E-state index contributed by atoms with van der Waals surface area (Å²) in [6.45, 7) is 7.34. The maximum Gasteiger partial charge on any atom is 0.223 e. The highest BCUT2D eigenvalue weighted by atomic mass is 16.3. The largest absolute Gasteiger partial charge is 0.391 e. The smallest absolute Gasteiger partial charge is 0.223 e. The molecule has 0 aliphatic heterocycles. The molecular weight excluding hydrogens is 178 g/mol. The van der Waals surface area contributed by atoms with E-state index in [4.69, 9.17) is 0 Å². The first-order valence-electron chi connectivity index (χ1n) is 5.34. The van der Waals surface area contributed by atoms with E-state index in [1.54, 1.807) is 6.92 Å². The van der Waals surface area contributed by atoms with Crippen LogP contribution < -0.4 is 5.32 Å². The molecule has 0 saturated heterocycles. The summed E-state index contributed by atoms with van der Waals surface area (Å²) in [6.07, 6.45) is 1.81. The van der Waals surface area contributed by atoms with E-state index in [1.165, 1.54) is 12.8 Å². The van der Waals surface area contributed by atoms with Gasteiger partial charge >= 0.3 is 0 Å². The molecule has 1 aliphatic rings. The first-order valence-corrected chi connectivity index (χ1v) is 5.34. The van der Waals surface area contributed by atoms with Crippen molar-refractivity contribution in [1.82, 2.24) is 5.32 Å². The number of carbonyl (C=O) groups excluding carboxylic acids is 1. The molecular formula is C11H21NO2. The SMILES string of the molecule is CC(C(=O)NC(C)(C)C(C)O)C1CC1. The quantitative estimate of drug-likeness (QED) is 0.717. The summed E-state index contributed by atoms with van der Waals surface area (Å²) in [4.78, 5) is 11.7. The third kappa shape index (κ3) is 2.71. The first kappa shape index (κ1) is 11.5. The van der Waals surface area contributed by atoms with Gasteiger partial charge in [-0.05, 0) is 39.5 Å². The van der Waals surface area contributed by atoms with E-state index in [0.29, 0.717) is 5.92 Å². The van der Waals surface area contributed by atoms with Gasteiger partial charge in [0.2, 0.25) is 5.91 Å².